The SMILES string of the molecule is CC(=O)CCCCCS(=O)(=O)O. The summed E-state index contributed by atoms with van der Waals surface area (Å²) < 4.78 is 28.8. The molecule has 0 radical (unpaired) electrons. The predicted octanol–water partition coefficient (Wildman–Crippen LogP) is 1.02. The van der Waals surface area contributed by atoms with Crippen molar-refractivity contribution in [2.24, 2.45) is 0 Å². The first-order valence-corrected chi connectivity index (χ1v) is 5.47. The third-order valence-corrected chi connectivity index (χ3v) is 2.24. The molecule has 0 aromatic rings. The van der Waals surface area contributed by atoms with Crippen LogP contribution in [0.25, 0.3) is 0 Å². The molecule has 1 N–H and O–H groups in total. The maximum atomic E-state index is 10.4. The molecule has 0 bridgehead atoms. The second kappa shape index (κ2) is 5.27. The molecule has 0 aliphatic carbocycles. The van der Waals surface area contributed by atoms with Crippen LogP contribution in [0.3, 0.4) is 0 Å². The lowest BCUT2D eigenvalue weighted by molar-refractivity contribution is -0.117. The summed E-state index contributed by atoms with van der Waals surface area (Å²) in [6.07, 6.45) is 2.28. The minimum absolute atomic E-state index is 0.113. The first-order valence-electron chi connectivity index (χ1n) is 3.86. The summed E-state index contributed by atoms with van der Waals surface area (Å²) in [4.78, 5) is 10.4. The van der Waals surface area contributed by atoms with E-state index in [4.69, 9.17) is 4.55 Å². The molecule has 0 aromatic carbocycles. The largest absolute Gasteiger partial charge is 0.300 e. The Kier molecular flexibility index (Phi) is 5.08. The van der Waals surface area contributed by atoms with Gasteiger partial charge in [0, 0.05) is 6.42 Å². The van der Waals surface area contributed by atoms with E-state index in [1.54, 1.807) is 0 Å². The van der Waals surface area contributed by atoms with Gasteiger partial charge in [0.1, 0.15) is 5.78 Å². The Morgan fingerprint density at radius 2 is 1.83 bits per heavy atom. The van der Waals surface area contributed by atoms with Crippen molar-refractivity contribution in [3.63, 3.8) is 0 Å². The Hall–Kier alpha value is -0.420. The maximum Gasteiger partial charge on any atom is 0.264 e. The van der Waals surface area contributed by atoms with Crippen LogP contribution < -0.4 is 0 Å². The van der Waals surface area contributed by atoms with Crippen LogP contribution in [0.4, 0.5) is 0 Å². The number of hydrogen-bond acceptors (Lipinski definition) is 3. The molecular formula is C7H14O4S. The van der Waals surface area contributed by atoms with Gasteiger partial charge in [-0.1, -0.05) is 6.42 Å². The fourth-order valence-electron chi connectivity index (χ4n) is 0.835. The average molecular weight is 194 g/mol. The van der Waals surface area contributed by atoms with Crippen molar-refractivity contribution in [3.05, 3.63) is 0 Å². The van der Waals surface area contributed by atoms with Crippen molar-refractivity contribution in [1.29, 1.82) is 0 Å². The zero-order valence-electron chi connectivity index (χ0n) is 7.12. The standard InChI is InChI=1S/C7H14O4S/c1-7(8)5-3-2-4-6-12(9,10)11/h2-6H2,1H3,(H,9,10,11). The summed E-state index contributed by atoms with van der Waals surface area (Å²) >= 11 is 0. The van der Waals surface area contributed by atoms with Gasteiger partial charge in [0.15, 0.2) is 0 Å². The number of Topliss-reactive ketones (excluding diaryl/α,β-unsaturated/α-hetero) is 1. The van der Waals surface area contributed by atoms with Gasteiger partial charge in [0.05, 0.1) is 5.75 Å². The smallest absolute Gasteiger partial charge is 0.264 e. The second-order valence-electron chi connectivity index (χ2n) is 2.80. The van der Waals surface area contributed by atoms with Gasteiger partial charge in [0.25, 0.3) is 10.1 Å². The van der Waals surface area contributed by atoms with Gasteiger partial charge in [0.2, 0.25) is 0 Å². The molecule has 0 spiro atoms. The average Bonchev–Trinajstić information content (AvgIpc) is 1.83. The highest BCUT2D eigenvalue weighted by Crippen LogP contribution is 2.01. The Morgan fingerprint density at radius 3 is 2.25 bits per heavy atom. The summed E-state index contributed by atoms with van der Waals surface area (Å²) in [5, 5.41) is 0. The number of carbonyl (C=O) groups excluding carboxylic acids is 1. The van der Waals surface area contributed by atoms with E-state index in [2.05, 4.69) is 0 Å². The molecule has 5 heteroatoms. The minimum atomic E-state index is -3.81. The van der Waals surface area contributed by atoms with Gasteiger partial charge in [-0.3, -0.25) is 4.55 Å². The van der Waals surface area contributed by atoms with Crippen molar-refractivity contribution in [3.8, 4) is 0 Å². The number of carbonyl (C=O) groups is 1. The van der Waals surface area contributed by atoms with Gasteiger partial charge >= 0.3 is 0 Å². The monoisotopic (exact) mass is 194 g/mol. The summed E-state index contributed by atoms with van der Waals surface area (Å²) in [6, 6.07) is 0. The lowest BCUT2D eigenvalue weighted by atomic mass is 10.2. The maximum absolute atomic E-state index is 10.4. The van der Waals surface area contributed by atoms with Gasteiger partial charge in [-0.05, 0) is 19.8 Å². The summed E-state index contributed by atoms with van der Waals surface area (Å²) in [7, 11) is -3.81. The van der Waals surface area contributed by atoms with Crippen LogP contribution in [0.2, 0.25) is 0 Å². The van der Waals surface area contributed by atoms with Crippen LogP contribution in [0.1, 0.15) is 32.6 Å². The van der Waals surface area contributed by atoms with Gasteiger partial charge in [-0.25, -0.2) is 0 Å². The van der Waals surface area contributed by atoms with Crippen LogP contribution in [0.15, 0.2) is 0 Å². The van der Waals surface area contributed by atoms with E-state index in [9.17, 15) is 13.2 Å². The molecule has 0 aliphatic rings. The molecule has 0 saturated heterocycles. The van der Waals surface area contributed by atoms with Gasteiger partial charge in [-0.2, -0.15) is 8.42 Å². The van der Waals surface area contributed by atoms with Gasteiger partial charge < -0.3 is 4.79 Å². The highest BCUT2D eigenvalue weighted by molar-refractivity contribution is 7.85. The highest BCUT2D eigenvalue weighted by atomic mass is 32.2. The van der Waals surface area contributed by atoms with E-state index in [-0.39, 0.29) is 11.5 Å². The van der Waals surface area contributed by atoms with E-state index in [1.165, 1.54) is 6.92 Å². The number of hydrogen-bond donors (Lipinski definition) is 1. The fraction of sp³-hybridized carbons (Fsp3) is 0.857. The molecule has 0 amide bonds. The number of unbranched alkanes of at least 4 members (excludes halogenated alkanes) is 2. The zero-order valence-corrected chi connectivity index (χ0v) is 7.93. The molecule has 0 aromatic heterocycles. The van der Waals surface area contributed by atoms with Crippen molar-refractivity contribution in [2.45, 2.75) is 32.6 Å². The lowest BCUT2D eigenvalue weighted by Crippen LogP contribution is -2.03. The summed E-state index contributed by atoms with van der Waals surface area (Å²) in [5.41, 5.74) is 0. The molecular weight excluding hydrogens is 180 g/mol. The summed E-state index contributed by atoms with van der Waals surface area (Å²) in [5.74, 6) is -0.0906. The molecule has 0 aliphatic heterocycles. The van der Waals surface area contributed by atoms with Crippen molar-refractivity contribution in [2.75, 3.05) is 5.75 Å². The van der Waals surface area contributed by atoms with Crippen molar-refractivity contribution in [1.82, 2.24) is 0 Å². The third-order valence-electron chi connectivity index (χ3n) is 1.43. The fourth-order valence-corrected chi connectivity index (χ4v) is 1.40. The number of rotatable bonds is 6. The van der Waals surface area contributed by atoms with Crippen LogP contribution in [0, 0.1) is 0 Å². The van der Waals surface area contributed by atoms with Gasteiger partial charge in [-0.15, -0.1) is 0 Å². The quantitative estimate of drug-likeness (QED) is 0.506. The minimum Gasteiger partial charge on any atom is -0.300 e. The molecule has 0 saturated carbocycles. The first-order chi connectivity index (χ1) is 5.42. The topological polar surface area (TPSA) is 71.4 Å². The molecule has 0 atom stereocenters. The Morgan fingerprint density at radius 1 is 1.25 bits per heavy atom. The molecule has 0 fully saturated rings. The third kappa shape index (κ3) is 9.58. The van der Waals surface area contributed by atoms with E-state index in [1.807, 2.05) is 0 Å². The normalized spacial score (nSPS) is 11.5. The summed E-state index contributed by atoms with van der Waals surface area (Å²) in [6.45, 7) is 1.50. The predicted molar refractivity (Wildman–Crippen MR) is 45.6 cm³/mol. The van der Waals surface area contributed by atoms with E-state index in [0.29, 0.717) is 25.7 Å². The molecule has 4 nitrogen and oxygen atoms in total. The van der Waals surface area contributed by atoms with E-state index < -0.39 is 10.1 Å². The van der Waals surface area contributed by atoms with E-state index in [0.717, 1.165) is 0 Å². The first kappa shape index (κ1) is 11.6. The van der Waals surface area contributed by atoms with Crippen molar-refractivity contribution >= 4 is 15.9 Å². The molecule has 0 rings (SSSR count). The highest BCUT2D eigenvalue weighted by Gasteiger charge is 2.03. The molecule has 0 unspecified atom stereocenters. The van der Waals surface area contributed by atoms with Crippen LogP contribution in [-0.2, 0) is 14.9 Å². The Labute approximate surface area is 72.7 Å². The van der Waals surface area contributed by atoms with Crippen LogP contribution >= 0.6 is 0 Å². The Balaban J connectivity index is 3.29. The molecule has 0 heterocycles. The van der Waals surface area contributed by atoms with Crippen molar-refractivity contribution < 1.29 is 17.8 Å². The molecule has 12 heavy (non-hydrogen) atoms. The Bertz CT molecular complexity index is 230. The zero-order chi connectivity index (χ0) is 9.61. The lowest BCUT2D eigenvalue weighted by Gasteiger charge is -1.96. The van der Waals surface area contributed by atoms with E-state index >= 15 is 0 Å². The number of ketones is 1. The second-order valence-corrected chi connectivity index (χ2v) is 4.37. The van der Waals surface area contributed by atoms with Crippen LogP contribution in [-0.4, -0.2) is 24.5 Å². The molecule has 72 valence electrons. The van der Waals surface area contributed by atoms with Crippen LogP contribution in [0.5, 0.6) is 0 Å².